The molecule has 5 rings (SSSR count). The summed E-state index contributed by atoms with van der Waals surface area (Å²) in [6, 6.07) is 7.63. The van der Waals surface area contributed by atoms with E-state index in [1.54, 1.807) is 12.4 Å². The van der Waals surface area contributed by atoms with E-state index in [1.807, 2.05) is 22.6 Å². The molecule has 0 radical (unpaired) electrons. The quantitative estimate of drug-likeness (QED) is 0.496. The Balaban J connectivity index is 1.68. The normalized spacial score (nSPS) is 13.7. The number of rotatable bonds is 6. The van der Waals surface area contributed by atoms with Gasteiger partial charge in [-0.05, 0) is 42.9 Å². The molecule has 3 heterocycles. The zero-order valence-corrected chi connectivity index (χ0v) is 16.6. The van der Waals surface area contributed by atoms with E-state index in [2.05, 4.69) is 34.4 Å². The van der Waals surface area contributed by atoms with Gasteiger partial charge in [-0.2, -0.15) is 0 Å². The molecule has 29 heavy (non-hydrogen) atoms. The van der Waals surface area contributed by atoms with Crippen molar-refractivity contribution < 1.29 is 4.79 Å². The van der Waals surface area contributed by atoms with Crippen LogP contribution in [0.1, 0.15) is 19.4 Å². The molecule has 1 aliphatic heterocycles. The lowest BCUT2D eigenvalue weighted by Gasteiger charge is -2.19. The van der Waals surface area contributed by atoms with Crippen LogP contribution in [0.5, 0.6) is 0 Å². The van der Waals surface area contributed by atoms with Crippen LogP contribution in [0.4, 0.5) is 11.4 Å². The molecule has 0 bridgehead atoms. The van der Waals surface area contributed by atoms with Crippen molar-refractivity contribution in [3.8, 4) is 0 Å². The molecule has 0 spiro atoms. The number of likely N-dealkylation sites (N-methyl/N-ethyl adjacent to an activating group) is 1. The molecule has 2 aromatic carbocycles. The Morgan fingerprint density at radius 2 is 2.03 bits per heavy atom. The molecule has 7 nitrogen and oxygen atoms in total. The van der Waals surface area contributed by atoms with Gasteiger partial charge in [0.15, 0.2) is 5.43 Å². The van der Waals surface area contributed by atoms with Crippen molar-refractivity contribution in [3.63, 3.8) is 0 Å². The summed E-state index contributed by atoms with van der Waals surface area (Å²) in [5.41, 5.74) is 4.85. The number of hydrogen-bond acceptors (Lipinski definition) is 5. The molecule has 0 atom stereocenters. The van der Waals surface area contributed by atoms with Crippen molar-refractivity contribution in [2.75, 3.05) is 36.8 Å². The minimum absolute atomic E-state index is 0.0344. The fourth-order valence-corrected chi connectivity index (χ4v) is 4.33. The van der Waals surface area contributed by atoms with Crippen LogP contribution in [0.25, 0.3) is 27.3 Å². The number of amides is 1. The average Bonchev–Trinajstić information content (AvgIpc) is 3.31. The summed E-state index contributed by atoms with van der Waals surface area (Å²) in [4.78, 5) is 32.1. The number of nitrogens with zero attached hydrogens (tertiary/aromatic N) is 3. The third kappa shape index (κ3) is 2.73. The van der Waals surface area contributed by atoms with Crippen LogP contribution in [0.15, 0.2) is 35.4 Å². The number of anilines is 2. The van der Waals surface area contributed by atoms with Gasteiger partial charge >= 0.3 is 0 Å². The van der Waals surface area contributed by atoms with Crippen LogP contribution in [0.3, 0.4) is 0 Å². The molecule has 0 saturated heterocycles. The number of carbonyl (C=O) groups is 1. The topological polar surface area (TPSA) is 78.7 Å². The van der Waals surface area contributed by atoms with E-state index in [0.29, 0.717) is 17.2 Å². The molecule has 148 valence electrons. The first-order valence-corrected chi connectivity index (χ1v) is 10.1. The van der Waals surface area contributed by atoms with Crippen LogP contribution >= 0.6 is 0 Å². The molecule has 0 fully saturated rings. The van der Waals surface area contributed by atoms with Crippen molar-refractivity contribution in [1.29, 1.82) is 0 Å². The maximum Gasteiger partial charge on any atom is 0.228 e. The monoisotopic (exact) mass is 389 g/mol. The summed E-state index contributed by atoms with van der Waals surface area (Å²) in [5.74, 6) is -0.0400. The lowest BCUT2D eigenvalue weighted by molar-refractivity contribution is -0.115. The molecular formula is C22H23N5O2. The molecule has 4 aromatic rings. The first kappa shape index (κ1) is 17.9. The largest absolute Gasteiger partial charge is 0.383 e. The second-order valence-corrected chi connectivity index (χ2v) is 7.50. The standard InChI is InChI=1S/C22H23N5O2/c1-3-26(4-2)8-7-23-15-5-6-16-21-20(15)22(29)14-11-17-13(10-19(28)25-17)9-18(14)27(21)12-24-16/h5-6,9,11-12,23H,3-4,7-8,10H2,1-2H3,(H,25,28). The van der Waals surface area contributed by atoms with Crippen molar-refractivity contribution in [1.82, 2.24) is 14.3 Å². The fourth-order valence-electron chi connectivity index (χ4n) is 4.33. The second kappa shape index (κ2) is 6.70. The Morgan fingerprint density at radius 3 is 2.83 bits per heavy atom. The van der Waals surface area contributed by atoms with E-state index < -0.39 is 0 Å². The first-order valence-electron chi connectivity index (χ1n) is 10.1. The van der Waals surface area contributed by atoms with E-state index in [4.69, 9.17) is 0 Å². The number of hydrogen-bond donors (Lipinski definition) is 2. The zero-order chi connectivity index (χ0) is 20.1. The Kier molecular flexibility index (Phi) is 4.13. The zero-order valence-electron chi connectivity index (χ0n) is 16.6. The fraction of sp³-hybridized carbons (Fsp3) is 0.318. The molecule has 0 saturated carbocycles. The Labute approximate surface area is 167 Å². The van der Waals surface area contributed by atoms with Gasteiger partial charge in [-0.25, -0.2) is 4.98 Å². The summed E-state index contributed by atoms with van der Waals surface area (Å²) < 4.78 is 1.97. The van der Waals surface area contributed by atoms with Gasteiger partial charge in [-0.3, -0.25) is 14.0 Å². The minimum atomic E-state index is -0.0400. The Bertz CT molecular complexity index is 1310. The van der Waals surface area contributed by atoms with Gasteiger partial charge in [0.1, 0.15) is 6.33 Å². The van der Waals surface area contributed by atoms with E-state index in [-0.39, 0.29) is 11.3 Å². The van der Waals surface area contributed by atoms with E-state index in [9.17, 15) is 9.59 Å². The second-order valence-electron chi connectivity index (χ2n) is 7.50. The Hall–Kier alpha value is -3.19. The number of carbonyl (C=O) groups excluding carboxylic acids is 1. The molecule has 2 aromatic heterocycles. The lowest BCUT2D eigenvalue weighted by Crippen LogP contribution is -2.28. The highest BCUT2D eigenvalue weighted by atomic mass is 16.1. The number of benzene rings is 2. The van der Waals surface area contributed by atoms with Gasteiger partial charge in [0.05, 0.1) is 28.4 Å². The molecule has 7 heteroatoms. The predicted octanol–water partition coefficient (Wildman–Crippen LogP) is 2.69. The number of imidazole rings is 1. The van der Waals surface area contributed by atoms with Gasteiger partial charge in [0.2, 0.25) is 5.91 Å². The first-order chi connectivity index (χ1) is 14.1. The van der Waals surface area contributed by atoms with E-state index in [0.717, 1.165) is 59.7 Å². The highest BCUT2D eigenvalue weighted by Crippen LogP contribution is 2.32. The summed E-state index contributed by atoms with van der Waals surface area (Å²) in [6.45, 7) is 7.97. The maximum absolute atomic E-state index is 13.5. The average molecular weight is 389 g/mol. The minimum Gasteiger partial charge on any atom is -0.383 e. The van der Waals surface area contributed by atoms with Crippen LogP contribution in [0, 0.1) is 0 Å². The van der Waals surface area contributed by atoms with Crippen LogP contribution in [0.2, 0.25) is 0 Å². The molecule has 2 N–H and O–H groups in total. The molecular weight excluding hydrogens is 366 g/mol. The van der Waals surface area contributed by atoms with Gasteiger partial charge in [0.25, 0.3) is 0 Å². The highest BCUT2D eigenvalue weighted by molar-refractivity contribution is 6.09. The predicted molar refractivity (Wildman–Crippen MR) is 116 cm³/mol. The van der Waals surface area contributed by atoms with Crippen molar-refractivity contribution in [3.05, 3.63) is 46.4 Å². The SMILES string of the molecule is CCN(CC)CCNc1ccc2ncn3c4cc5c(cc4c(=O)c1c23)NC(=O)C5. The number of aromatic nitrogens is 2. The Morgan fingerprint density at radius 1 is 1.21 bits per heavy atom. The lowest BCUT2D eigenvalue weighted by atomic mass is 10.0. The van der Waals surface area contributed by atoms with E-state index >= 15 is 0 Å². The molecule has 0 aliphatic carbocycles. The van der Waals surface area contributed by atoms with Crippen molar-refractivity contribution >= 4 is 44.6 Å². The summed E-state index contributed by atoms with van der Waals surface area (Å²) in [5, 5.41) is 7.54. The van der Waals surface area contributed by atoms with Gasteiger partial charge in [-0.1, -0.05) is 13.8 Å². The van der Waals surface area contributed by atoms with Crippen LogP contribution in [-0.2, 0) is 11.2 Å². The van der Waals surface area contributed by atoms with Crippen LogP contribution < -0.4 is 16.1 Å². The number of fused-ring (bicyclic) bond motifs is 3. The maximum atomic E-state index is 13.5. The summed E-state index contributed by atoms with van der Waals surface area (Å²) >= 11 is 0. The summed E-state index contributed by atoms with van der Waals surface area (Å²) in [7, 11) is 0. The number of nitrogens with one attached hydrogen (secondary N) is 2. The van der Waals surface area contributed by atoms with Crippen molar-refractivity contribution in [2.45, 2.75) is 20.3 Å². The highest BCUT2D eigenvalue weighted by Gasteiger charge is 2.22. The van der Waals surface area contributed by atoms with Crippen molar-refractivity contribution in [2.24, 2.45) is 0 Å². The molecule has 0 unspecified atom stereocenters. The van der Waals surface area contributed by atoms with Crippen LogP contribution in [-0.4, -0.2) is 46.4 Å². The molecule has 1 amide bonds. The van der Waals surface area contributed by atoms with Gasteiger partial charge in [0, 0.05) is 29.9 Å². The third-order valence-corrected chi connectivity index (χ3v) is 5.93. The summed E-state index contributed by atoms with van der Waals surface area (Å²) in [6.07, 6.45) is 2.10. The molecule has 1 aliphatic rings. The van der Waals surface area contributed by atoms with E-state index in [1.165, 1.54) is 0 Å². The van der Waals surface area contributed by atoms with Gasteiger partial charge < -0.3 is 15.5 Å². The third-order valence-electron chi connectivity index (χ3n) is 5.93. The smallest absolute Gasteiger partial charge is 0.228 e. The van der Waals surface area contributed by atoms with Gasteiger partial charge in [-0.15, -0.1) is 0 Å². The number of pyridine rings is 1.